The average Bonchev–Trinajstić information content (AvgIpc) is 2.67. The van der Waals surface area contributed by atoms with Crippen LogP contribution in [0.2, 0.25) is 0 Å². The van der Waals surface area contributed by atoms with Gasteiger partial charge in [-0.05, 0) is 48.9 Å². The number of halogens is 2. The normalized spacial score (nSPS) is 10.5. The maximum atomic E-state index is 13.8. The summed E-state index contributed by atoms with van der Waals surface area (Å²) in [6.45, 7) is 2.31. The Balaban J connectivity index is 1.77. The van der Waals surface area contributed by atoms with Gasteiger partial charge in [-0.3, -0.25) is 0 Å². The van der Waals surface area contributed by atoms with Crippen LogP contribution in [0.5, 0.6) is 5.75 Å². The molecule has 0 radical (unpaired) electrons. The molecule has 3 aromatic rings. The summed E-state index contributed by atoms with van der Waals surface area (Å²) in [6.07, 6.45) is 0. The van der Waals surface area contributed by atoms with Crippen molar-refractivity contribution in [3.63, 3.8) is 0 Å². The largest absolute Gasteiger partial charge is 0.488 e. The number of carboxylic acid groups (broad SMARTS) is 1. The van der Waals surface area contributed by atoms with Gasteiger partial charge in [-0.2, -0.15) is 0 Å². The van der Waals surface area contributed by atoms with E-state index in [1.807, 2.05) is 24.3 Å². The van der Waals surface area contributed by atoms with E-state index in [1.54, 1.807) is 37.3 Å². The number of hydrogen-bond donors (Lipinski definition) is 2. The van der Waals surface area contributed by atoms with Crippen LogP contribution in [0.3, 0.4) is 0 Å². The number of benzene rings is 3. The van der Waals surface area contributed by atoms with E-state index in [0.717, 1.165) is 15.7 Å². The minimum Gasteiger partial charge on any atom is -0.488 e. The Hall–Kier alpha value is -2.86. The molecule has 0 unspecified atom stereocenters. The molecule has 0 aliphatic heterocycles. The van der Waals surface area contributed by atoms with E-state index in [0.29, 0.717) is 23.4 Å². The van der Waals surface area contributed by atoms with Gasteiger partial charge in [-0.1, -0.05) is 40.2 Å². The smallest absolute Gasteiger partial charge is 0.336 e. The van der Waals surface area contributed by atoms with Crippen molar-refractivity contribution in [3.8, 4) is 5.75 Å². The Morgan fingerprint density at radius 3 is 2.64 bits per heavy atom. The Bertz CT molecular complexity index is 1010. The Morgan fingerprint density at radius 2 is 1.89 bits per heavy atom. The van der Waals surface area contributed by atoms with Crippen molar-refractivity contribution in [1.82, 2.24) is 0 Å². The summed E-state index contributed by atoms with van der Waals surface area (Å²) in [5.74, 6) is -0.635. The molecule has 0 aromatic heterocycles. The molecule has 28 heavy (non-hydrogen) atoms. The molecular formula is C22H19BrFNO3. The van der Waals surface area contributed by atoms with Crippen LogP contribution >= 0.6 is 15.9 Å². The fourth-order valence-corrected chi connectivity index (χ4v) is 3.26. The molecule has 0 bridgehead atoms. The molecule has 3 aromatic carbocycles. The van der Waals surface area contributed by atoms with E-state index < -0.39 is 5.97 Å². The molecule has 0 saturated carbocycles. The van der Waals surface area contributed by atoms with Crippen molar-refractivity contribution in [2.24, 2.45) is 0 Å². The summed E-state index contributed by atoms with van der Waals surface area (Å²) in [5.41, 5.74) is 3.01. The maximum absolute atomic E-state index is 13.8. The number of hydrogen-bond acceptors (Lipinski definition) is 3. The van der Waals surface area contributed by atoms with Gasteiger partial charge in [0, 0.05) is 27.8 Å². The molecule has 0 atom stereocenters. The van der Waals surface area contributed by atoms with Crippen LogP contribution in [-0.4, -0.2) is 11.1 Å². The molecule has 0 spiro atoms. The molecule has 3 rings (SSSR count). The fourth-order valence-electron chi connectivity index (χ4n) is 2.85. The lowest BCUT2D eigenvalue weighted by Gasteiger charge is -2.15. The second-order valence-electron chi connectivity index (χ2n) is 6.27. The lowest BCUT2D eigenvalue weighted by molar-refractivity contribution is 0.0696. The van der Waals surface area contributed by atoms with Crippen molar-refractivity contribution in [1.29, 1.82) is 0 Å². The highest BCUT2D eigenvalue weighted by Crippen LogP contribution is 2.27. The van der Waals surface area contributed by atoms with Crippen LogP contribution in [0.4, 0.5) is 10.1 Å². The molecule has 2 N–H and O–H groups in total. The zero-order valence-electron chi connectivity index (χ0n) is 15.2. The number of carbonyl (C=O) groups is 1. The van der Waals surface area contributed by atoms with Crippen LogP contribution in [0, 0.1) is 12.7 Å². The first-order valence-electron chi connectivity index (χ1n) is 8.67. The Labute approximate surface area is 171 Å². The minimum atomic E-state index is -0.961. The van der Waals surface area contributed by atoms with Crippen LogP contribution < -0.4 is 10.1 Å². The van der Waals surface area contributed by atoms with Crippen LogP contribution in [-0.2, 0) is 13.2 Å². The standard InChI is InChI=1S/C22H19BrFNO3/c1-14-18(22(26)27)6-4-8-20(14)25-12-16-11-17(23)9-10-21(16)28-13-15-5-2-3-7-19(15)24/h2-11,25H,12-13H2,1H3,(H,26,27). The van der Waals surface area contributed by atoms with E-state index in [9.17, 15) is 14.3 Å². The number of anilines is 1. The number of carboxylic acids is 1. The second-order valence-corrected chi connectivity index (χ2v) is 7.18. The molecule has 0 fully saturated rings. The number of aromatic carboxylic acids is 1. The summed E-state index contributed by atoms with van der Waals surface area (Å²) in [6, 6.07) is 17.2. The molecule has 0 aliphatic rings. The van der Waals surface area contributed by atoms with E-state index in [1.165, 1.54) is 6.07 Å². The van der Waals surface area contributed by atoms with E-state index in [-0.39, 0.29) is 18.0 Å². The van der Waals surface area contributed by atoms with Crippen molar-refractivity contribution in [3.05, 3.63) is 93.2 Å². The van der Waals surface area contributed by atoms with Gasteiger partial charge in [-0.25, -0.2) is 9.18 Å². The summed E-state index contributed by atoms with van der Waals surface area (Å²) in [7, 11) is 0. The fraction of sp³-hybridized carbons (Fsp3) is 0.136. The topological polar surface area (TPSA) is 58.6 Å². The zero-order chi connectivity index (χ0) is 20.1. The summed E-state index contributed by atoms with van der Waals surface area (Å²) in [5, 5.41) is 12.5. The molecule has 0 amide bonds. The van der Waals surface area contributed by atoms with Gasteiger partial charge in [-0.15, -0.1) is 0 Å². The first-order chi connectivity index (χ1) is 13.5. The van der Waals surface area contributed by atoms with Gasteiger partial charge < -0.3 is 15.2 Å². The summed E-state index contributed by atoms with van der Waals surface area (Å²) >= 11 is 3.45. The third-order valence-electron chi connectivity index (χ3n) is 4.40. The first-order valence-corrected chi connectivity index (χ1v) is 9.46. The quantitative estimate of drug-likeness (QED) is 0.485. The molecular weight excluding hydrogens is 425 g/mol. The highest BCUT2D eigenvalue weighted by atomic mass is 79.9. The zero-order valence-corrected chi connectivity index (χ0v) is 16.8. The van der Waals surface area contributed by atoms with E-state index in [2.05, 4.69) is 21.2 Å². The summed E-state index contributed by atoms with van der Waals surface area (Å²) in [4.78, 5) is 11.3. The molecule has 4 nitrogen and oxygen atoms in total. The van der Waals surface area contributed by atoms with Crippen molar-refractivity contribution in [2.75, 3.05) is 5.32 Å². The van der Waals surface area contributed by atoms with Crippen LogP contribution in [0.25, 0.3) is 0 Å². The predicted octanol–water partition coefficient (Wildman–Crippen LogP) is 5.79. The Kier molecular flexibility index (Phi) is 6.31. The third-order valence-corrected chi connectivity index (χ3v) is 4.89. The highest BCUT2D eigenvalue weighted by molar-refractivity contribution is 9.10. The van der Waals surface area contributed by atoms with Gasteiger partial charge in [0.15, 0.2) is 0 Å². The van der Waals surface area contributed by atoms with Gasteiger partial charge in [0.05, 0.1) is 5.56 Å². The van der Waals surface area contributed by atoms with Gasteiger partial charge >= 0.3 is 5.97 Å². The second kappa shape index (κ2) is 8.89. The average molecular weight is 444 g/mol. The highest BCUT2D eigenvalue weighted by Gasteiger charge is 2.11. The van der Waals surface area contributed by atoms with Crippen LogP contribution in [0.1, 0.15) is 27.0 Å². The number of nitrogens with one attached hydrogen (secondary N) is 1. The number of rotatable bonds is 7. The van der Waals surface area contributed by atoms with Gasteiger partial charge in [0.2, 0.25) is 0 Å². The third kappa shape index (κ3) is 4.70. The SMILES string of the molecule is Cc1c(NCc2cc(Br)ccc2OCc2ccccc2F)cccc1C(=O)O. The van der Waals surface area contributed by atoms with Crippen LogP contribution in [0.15, 0.2) is 65.1 Å². The number of ether oxygens (including phenoxy) is 1. The van der Waals surface area contributed by atoms with Crippen molar-refractivity contribution >= 4 is 27.6 Å². The minimum absolute atomic E-state index is 0.120. The van der Waals surface area contributed by atoms with Crippen molar-refractivity contribution < 1.29 is 19.0 Å². The molecule has 6 heteroatoms. The van der Waals surface area contributed by atoms with Gasteiger partial charge in [0.1, 0.15) is 18.2 Å². The molecule has 144 valence electrons. The molecule has 0 aliphatic carbocycles. The van der Waals surface area contributed by atoms with Crippen molar-refractivity contribution in [2.45, 2.75) is 20.1 Å². The predicted molar refractivity (Wildman–Crippen MR) is 110 cm³/mol. The maximum Gasteiger partial charge on any atom is 0.336 e. The van der Waals surface area contributed by atoms with E-state index in [4.69, 9.17) is 4.74 Å². The van der Waals surface area contributed by atoms with E-state index >= 15 is 0 Å². The molecule has 0 saturated heterocycles. The monoisotopic (exact) mass is 443 g/mol. The lowest BCUT2D eigenvalue weighted by Crippen LogP contribution is -2.07. The van der Waals surface area contributed by atoms with Gasteiger partial charge in [0.25, 0.3) is 0 Å². The Morgan fingerprint density at radius 1 is 1.11 bits per heavy atom. The first kappa shape index (κ1) is 19.9. The lowest BCUT2D eigenvalue weighted by atomic mass is 10.1. The summed E-state index contributed by atoms with van der Waals surface area (Å²) < 4.78 is 20.6. The molecule has 0 heterocycles.